The van der Waals surface area contributed by atoms with Crippen molar-refractivity contribution in [1.82, 2.24) is 9.97 Å². The minimum absolute atomic E-state index is 0.235. The van der Waals surface area contributed by atoms with Crippen molar-refractivity contribution < 1.29 is 9.13 Å². The first-order valence-corrected chi connectivity index (χ1v) is 4.90. The summed E-state index contributed by atoms with van der Waals surface area (Å²) >= 11 is 0. The molecule has 1 aromatic carbocycles. The Labute approximate surface area is 90.9 Å². The van der Waals surface area contributed by atoms with Crippen molar-refractivity contribution in [1.29, 1.82) is 0 Å². The highest BCUT2D eigenvalue weighted by molar-refractivity contribution is 6.05. The summed E-state index contributed by atoms with van der Waals surface area (Å²) in [6, 6.07) is 7.08. The van der Waals surface area contributed by atoms with Crippen LogP contribution < -0.4 is 4.74 Å². The molecule has 0 spiro atoms. The third kappa shape index (κ3) is 1.10. The van der Waals surface area contributed by atoms with Crippen LogP contribution in [0.3, 0.4) is 0 Å². The standard InChI is InChI=1S/C12H9FN2O/c1-16-9-5-4-7-10(11(9)13)12-8(15-7)3-2-6-14-12/h2-6,15H,1H3. The van der Waals surface area contributed by atoms with Crippen LogP contribution in [0.1, 0.15) is 0 Å². The minimum atomic E-state index is -0.370. The number of nitrogens with zero attached hydrogens (tertiary/aromatic N) is 1. The Morgan fingerprint density at radius 3 is 2.94 bits per heavy atom. The number of aromatic nitrogens is 2. The largest absolute Gasteiger partial charge is 0.494 e. The fourth-order valence-electron chi connectivity index (χ4n) is 1.90. The molecule has 3 rings (SSSR count). The molecule has 80 valence electrons. The van der Waals surface area contributed by atoms with Crippen molar-refractivity contribution in [3.8, 4) is 5.75 Å². The fraction of sp³-hybridized carbons (Fsp3) is 0.0833. The molecule has 0 aliphatic rings. The molecular formula is C12H9FN2O. The van der Waals surface area contributed by atoms with Crippen LogP contribution >= 0.6 is 0 Å². The lowest BCUT2D eigenvalue weighted by atomic mass is 10.2. The highest BCUT2D eigenvalue weighted by Gasteiger charge is 2.13. The average Bonchev–Trinajstić information content (AvgIpc) is 2.68. The number of fused-ring (bicyclic) bond motifs is 3. The first-order chi connectivity index (χ1) is 7.81. The molecule has 3 nitrogen and oxygen atoms in total. The van der Waals surface area contributed by atoms with E-state index in [2.05, 4.69) is 9.97 Å². The molecule has 3 aromatic rings. The van der Waals surface area contributed by atoms with E-state index in [1.54, 1.807) is 18.3 Å². The van der Waals surface area contributed by atoms with Crippen LogP contribution in [-0.4, -0.2) is 17.1 Å². The van der Waals surface area contributed by atoms with E-state index < -0.39 is 0 Å². The zero-order chi connectivity index (χ0) is 11.1. The third-order valence-electron chi connectivity index (χ3n) is 2.64. The van der Waals surface area contributed by atoms with Crippen molar-refractivity contribution in [3.05, 3.63) is 36.3 Å². The molecule has 0 amide bonds. The van der Waals surface area contributed by atoms with Crippen molar-refractivity contribution in [2.75, 3.05) is 7.11 Å². The summed E-state index contributed by atoms with van der Waals surface area (Å²) in [5.41, 5.74) is 2.19. The maximum Gasteiger partial charge on any atom is 0.176 e. The summed E-state index contributed by atoms with van der Waals surface area (Å²) in [7, 11) is 1.45. The van der Waals surface area contributed by atoms with E-state index in [0.717, 1.165) is 11.0 Å². The van der Waals surface area contributed by atoms with Gasteiger partial charge in [-0.1, -0.05) is 0 Å². The molecule has 0 fully saturated rings. The molecule has 16 heavy (non-hydrogen) atoms. The monoisotopic (exact) mass is 216 g/mol. The van der Waals surface area contributed by atoms with Gasteiger partial charge in [-0.15, -0.1) is 0 Å². The number of rotatable bonds is 1. The fourth-order valence-corrected chi connectivity index (χ4v) is 1.90. The number of nitrogens with one attached hydrogen (secondary N) is 1. The van der Waals surface area contributed by atoms with Crippen LogP contribution in [0.15, 0.2) is 30.5 Å². The SMILES string of the molecule is COc1ccc2[nH]c3cccnc3c2c1F. The number of aromatic amines is 1. The Bertz CT molecular complexity index is 675. The Morgan fingerprint density at radius 2 is 2.12 bits per heavy atom. The zero-order valence-electron chi connectivity index (χ0n) is 8.62. The number of benzene rings is 1. The summed E-state index contributed by atoms with van der Waals surface area (Å²) in [5.74, 6) is -0.135. The van der Waals surface area contributed by atoms with Crippen molar-refractivity contribution in [2.45, 2.75) is 0 Å². The van der Waals surface area contributed by atoms with Crippen molar-refractivity contribution in [2.24, 2.45) is 0 Å². The molecule has 1 N–H and O–H groups in total. The molecule has 4 heteroatoms. The predicted molar refractivity (Wildman–Crippen MR) is 60.1 cm³/mol. The number of hydrogen-bond donors (Lipinski definition) is 1. The number of methoxy groups -OCH3 is 1. The molecule has 0 saturated heterocycles. The number of hydrogen-bond acceptors (Lipinski definition) is 2. The lowest BCUT2D eigenvalue weighted by Crippen LogP contribution is -1.88. The van der Waals surface area contributed by atoms with Gasteiger partial charge in [-0.25, -0.2) is 4.39 Å². The van der Waals surface area contributed by atoms with Crippen molar-refractivity contribution in [3.63, 3.8) is 0 Å². The second-order valence-corrected chi connectivity index (χ2v) is 3.53. The zero-order valence-corrected chi connectivity index (χ0v) is 8.62. The highest BCUT2D eigenvalue weighted by Crippen LogP contribution is 2.30. The Hall–Kier alpha value is -2.10. The number of ether oxygens (including phenoxy) is 1. The van der Waals surface area contributed by atoms with Gasteiger partial charge in [0.15, 0.2) is 11.6 Å². The van der Waals surface area contributed by atoms with Gasteiger partial charge in [0.05, 0.1) is 29.0 Å². The number of H-pyrrole nitrogens is 1. The van der Waals surface area contributed by atoms with Crippen LogP contribution in [-0.2, 0) is 0 Å². The van der Waals surface area contributed by atoms with E-state index in [-0.39, 0.29) is 11.6 Å². The molecule has 2 aromatic heterocycles. The second-order valence-electron chi connectivity index (χ2n) is 3.53. The van der Waals surface area contributed by atoms with Gasteiger partial charge < -0.3 is 9.72 Å². The molecule has 0 aliphatic heterocycles. The second kappa shape index (κ2) is 3.20. The summed E-state index contributed by atoms with van der Waals surface area (Å²) in [6.07, 6.45) is 1.65. The molecule has 0 atom stereocenters. The van der Waals surface area contributed by atoms with Gasteiger partial charge in [-0.2, -0.15) is 0 Å². The minimum Gasteiger partial charge on any atom is -0.494 e. The lowest BCUT2D eigenvalue weighted by Gasteiger charge is -2.01. The Morgan fingerprint density at radius 1 is 1.25 bits per heavy atom. The average molecular weight is 216 g/mol. The van der Waals surface area contributed by atoms with E-state index in [0.29, 0.717) is 10.9 Å². The van der Waals surface area contributed by atoms with Gasteiger partial charge in [0, 0.05) is 6.20 Å². The summed E-state index contributed by atoms with van der Waals surface area (Å²) in [6.45, 7) is 0. The number of halogens is 1. The summed E-state index contributed by atoms with van der Waals surface area (Å²) < 4.78 is 19.0. The van der Waals surface area contributed by atoms with E-state index >= 15 is 0 Å². The van der Waals surface area contributed by atoms with Crippen LogP contribution in [0.25, 0.3) is 21.9 Å². The summed E-state index contributed by atoms with van der Waals surface area (Å²) in [5, 5.41) is 0.481. The molecular weight excluding hydrogens is 207 g/mol. The van der Waals surface area contributed by atoms with E-state index in [9.17, 15) is 4.39 Å². The third-order valence-corrected chi connectivity index (χ3v) is 2.64. The van der Waals surface area contributed by atoms with E-state index in [1.165, 1.54) is 7.11 Å². The van der Waals surface area contributed by atoms with Gasteiger partial charge in [0.25, 0.3) is 0 Å². The van der Waals surface area contributed by atoms with Gasteiger partial charge in [0.2, 0.25) is 0 Å². The summed E-state index contributed by atoms with van der Waals surface area (Å²) in [4.78, 5) is 7.29. The molecule has 0 aliphatic carbocycles. The first-order valence-electron chi connectivity index (χ1n) is 4.90. The number of pyridine rings is 1. The van der Waals surface area contributed by atoms with Gasteiger partial charge in [-0.05, 0) is 24.3 Å². The molecule has 0 bridgehead atoms. The Balaban J connectivity index is 2.53. The molecule has 0 saturated carbocycles. The maximum atomic E-state index is 14.0. The van der Waals surface area contributed by atoms with Crippen LogP contribution in [0.4, 0.5) is 4.39 Å². The smallest absolute Gasteiger partial charge is 0.176 e. The predicted octanol–water partition coefficient (Wildman–Crippen LogP) is 2.86. The highest BCUT2D eigenvalue weighted by atomic mass is 19.1. The normalized spacial score (nSPS) is 11.1. The lowest BCUT2D eigenvalue weighted by molar-refractivity contribution is 0.389. The Kier molecular flexibility index (Phi) is 1.83. The topological polar surface area (TPSA) is 37.9 Å². The first kappa shape index (κ1) is 9.15. The van der Waals surface area contributed by atoms with E-state index in [1.807, 2.05) is 12.1 Å². The van der Waals surface area contributed by atoms with E-state index in [4.69, 9.17) is 4.74 Å². The van der Waals surface area contributed by atoms with Gasteiger partial charge in [0.1, 0.15) is 0 Å². The van der Waals surface area contributed by atoms with Crippen LogP contribution in [0.2, 0.25) is 0 Å². The van der Waals surface area contributed by atoms with Crippen LogP contribution in [0.5, 0.6) is 5.75 Å². The van der Waals surface area contributed by atoms with Gasteiger partial charge in [-0.3, -0.25) is 4.98 Å². The molecule has 0 radical (unpaired) electrons. The van der Waals surface area contributed by atoms with Crippen molar-refractivity contribution >= 4 is 21.9 Å². The quantitative estimate of drug-likeness (QED) is 0.679. The van der Waals surface area contributed by atoms with Crippen LogP contribution in [0, 0.1) is 5.82 Å². The molecule has 0 unspecified atom stereocenters. The van der Waals surface area contributed by atoms with Gasteiger partial charge >= 0.3 is 0 Å². The molecule has 2 heterocycles. The maximum absolute atomic E-state index is 14.0.